The van der Waals surface area contributed by atoms with E-state index in [4.69, 9.17) is 30.3 Å². The maximum absolute atomic E-state index is 13.4. The quantitative estimate of drug-likeness (QED) is 0.166. The SMILES string of the molecule is COc1cccc(/C=C/NC(=O)C(c2csc3ccc(Cl)cc23)P(=O)(O)OCOC(=O)C(C)(C)C)c1OC. The number of benzene rings is 2. The van der Waals surface area contributed by atoms with Gasteiger partial charge in [-0.1, -0.05) is 23.7 Å². The monoisotopic (exact) mass is 581 g/mol. The number of ether oxygens (including phenoxy) is 3. The standard InChI is InChI=1S/C26H29ClNO8PS/c1-26(2,3)25(30)35-15-36-37(31,32)23(19-14-38-21-10-9-17(27)13-18(19)21)24(29)28-12-11-16-7-6-8-20(33-4)22(16)34-5/h6-14,23H,15H2,1-5H3,(H,28,29)(H,31,32)/b12-11+. The molecule has 0 fully saturated rings. The van der Waals surface area contributed by atoms with E-state index >= 15 is 0 Å². The van der Waals surface area contributed by atoms with Crippen molar-refractivity contribution in [2.75, 3.05) is 21.0 Å². The molecule has 12 heteroatoms. The Labute approximate surface area is 229 Å². The number of esters is 1. The van der Waals surface area contributed by atoms with E-state index < -0.39 is 37.3 Å². The van der Waals surface area contributed by atoms with Gasteiger partial charge in [0.2, 0.25) is 12.7 Å². The van der Waals surface area contributed by atoms with Crippen LogP contribution < -0.4 is 14.8 Å². The summed E-state index contributed by atoms with van der Waals surface area (Å²) < 4.78 is 35.0. The second-order valence-electron chi connectivity index (χ2n) is 9.15. The normalized spacial score (nSPS) is 14.2. The lowest BCUT2D eigenvalue weighted by Crippen LogP contribution is -2.27. The first-order valence-electron chi connectivity index (χ1n) is 11.4. The zero-order valence-corrected chi connectivity index (χ0v) is 24.0. The van der Waals surface area contributed by atoms with E-state index in [1.165, 1.54) is 31.8 Å². The molecule has 0 bridgehead atoms. The summed E-state index contributed by atoms with van der Waals surface area (Å²) in [5, 5.41) is 5.09. The molecule has 1 heterocycles. The fourth-order valence-corrected chi connectivity index (χ4v) is 6.01. The molecular weight excluding hydrogens is 553 g/mol. The summed E-state index contributed by atoms with van der Waals surface area (Å²) in [5.41, 5.74) is -1.62. The number of halogens is 1. The van der Waals surface area contributed by atoms with Gasteiger partial charge in [0.15, 0.2) is 17.2 Å². The summed E-state index contributed by atoms with van der Waals surface area (Å²) in [6.45, 7) is 4.10. The van der Waals surface area contributed by atoms with Crippen LogP contribution in [-0.4, -0.2) is 37.8 Å². The molecule has 3 aromatic rings. The molecule has 0 aliphatic rings. The van der Waals surface area contributed by atoms with E-state index in [9.17, 15) is 19.0 Å². The van der Waals surface area contributed by atoms with E-state index in [-0.39, 0.29) is 5.56 Å². The van der Waals surface area contributed by atoms with Gasteiger partial charge in [0.05, 0.1) is 19.6 Å². The second-order valence-corrected chi connectivity index (χ2v) is 12.4. The van der Waals surface area contributed by atoms with Gasteiger partial charge in [-0.2, -0.15) is 0 Å². The molecule has 0 aliphatic heterocycles. The van der Waals surface area contributed by atoms with Crippen LogP contribution >= 0.6 is 30.5 Å². The van der Waals surface area contributed by atoms with E-state index in [2.05, 4.69) is 5.32 Å². The molecular formula is C26H29ClNO8PS. The molecule has 0 spiro atoms. The van der Waals surface area contributed by atoms with Crippen LogP contribution in [0.4, 0.5) is 0 Å². The molecule has 3 rings (SSSR count). The summed E-state index contributed by atoms with van der Waals surface area (Å²) in [6.07, 6.45) is 2.89. The van der Waals surface area contributed by atoms with Gasteiger partial charge in [0, 0.05) is 21.5 Å². The zero-order chi connectivity index (χ0) is 28.1. The highest BCUT2D eigenvalue weighted by atomic mass is 35.5. The van der Waals surface area contributed by atoms with Gasteiger partial charge in [-0.15, -0.1) is 11.3 Å². The van der Waals surface area contributed by atoms with E-state index in [0.717, 1.165) is 4.70 Å². The number of methoxy groups -OCH3 is 2. The van der Waals surface area contributed by atoms with Crippen molar-refractivity contribution in [1.82, 2.24) is 5.32 Å². The van der Waals surface area contributed by atoms with Crippen molar-refractivity contribution in [2.45, 2.75) is 26.4 Å². The summed E-state index contributed by atoms with van der Waals surface area (Å²) in [4.78, 5) is 36.4. The summed E-state index contributed by atoms with van der Waals surface area (Å²) in [6, 6.07) is 10.3. The maximum atomic E-state index is 13.4. The molecule has 1 amide bonds. The number of hydrogen-bond donors (Lipinski definition) is 2. The summed E-state index contributed by atoms with van der Waals surface area (Å²) in [7, 11) is -1.72. The van der Waals surface area contributed by atoms with Gasteiger partial charge in [0.1, 0.15) is 0 Å². The third-order valence-corrected chi connectivity index (χ3v) is 8.25. The topological polar surface area (TPSA) is 120 Å². The van der Waals surface area contributed by atoms with Crippen molar-refractivity contribution < 1.29 is 37.8 Å². The molecule has 9 nitrogen and oxygen atoms in total. The minimum Gasteiger partial charge on any atom is -0.493 e. The van der Waals surface area contributed by atoms with E-state index in [1.54, 1.807) is 68.6 Å². The van der Waals surface area contributed by atoms with Crippen LogP contribution in [0, 0.1) is 5.41 Å². The average Bonchev–Trinajstić information content (AvgIpc) is 3.25. The van der Waals surface area contributed by atoms with Gasteiger partial charge in [-0.3, -0.25) is 18.7 Å². The zero-order valence-electron chi connectivity index (χ0n) is 21.5. The first kappa shape index (κ1) is 29.7. The third kappa shape index (κ3) is 6.95. The predicted molar refractivity (Wildman–Crippen MR) is 148 cm³/mol. The lowest BCUT2D eigenvalue weighted by molar-refractivity contribution is -0.159. The minimum atomic E-state index is -4.72. The molecule has 2 atom stereocenters. The van der Waals surface area contributed by atoms with Gasteiger partial charge >= 0.3 is 13.6 Å². The smallest absolute Gasteiger partial charge is 0.347 e. The van der Waals surface area contributed by atoms with Crippen molar-refractivity contribution in [2.24, 2.45) is 5.41 Å². The largest absolute Gasteiger partial charge is 0.493 e. The Morgan fingerprint density at radius 3 is 2.58 bits per heavy atom. The highest BCUT2D eigenvalue weighted by molar-refractivity contribution is 7.54. The van der Waals surface area contributed by atoms with Crippen LogP contribution in [0.25, 0.3) is 16.2 Å². The van der Waals surface area contributed by atoms with Crippen molar-refractivity contribution >= 4 is 58.6 Å². The number of carbonyl (C=O) groups is 2. The first-order valence-corrected chi connectivity index (χ1v) is 14.3. The fraction of sp³-hybridized carbons (Fsp3) is 0.308. The lowest BCUT2D eigenvalue weighted by Gasteiger charge is -2.22. The number of fused-ring (bicyclic) bond motifs is 1. The molecule has 204 valence electrons. The highest BCUT2D eigenvalue weighted by Crippen LogP contribution is 2.58. The van der Waals surface area contributed by atoms with E-state index in [1.807, 2.05) is 0 Å². The highest BCUT2D eigenvalue weighted by Gasteiger charge is 2.42. The van der Waals surface area contributed by atoms with Crippen molar-refractivity contribution in [1.29, 1.82) is 0 Å². The van der Waals surface area contributed by atoms with Gasteiger partial charge in [-0.25, -0.2) is 0 Å². The predicted octanol–water partition coefficient (Wildman–Crippen LogP) is 6.15. The van der Waals surface area contributed by atoms with Gasteiger partial charge in [-0.05, 0) is 67.4 Å². The number of rotatable bonds is 10. The summed E-state index contributed by atoms with van der Waals surface area (Å²) >= 11 is 7.45. The molecule has 0 radical (unpaired) electrons. The minimum absolute atomic E-state index is 0.255. The molecule has 2 N–H and O–H groups in total. The van der Waals surface area contributed by atoms with Crippen LogP contribution in [0.1, 0.15) is 37.6 Å². The van der Waals surface area contributed by atoms with Crippen LogP contribution in [0.2, 0.25) is 5.02 Å². The Balaban J connectivity index is 1.91. The number of thiophene rings is 1. The number of nitrogens with one attached hydrogen (secondary N) is 1. The van der Waals surface area contributed by atoms with Crippen LogP contribution in [0.15, 0.2) is 48.0 Å². The number of carbonyl (C=O) groups excluding carboxylic acids is 2. The Bertz CT molecular complexity index is 1400. The van der Waals surface area contributed by atoms with E-state index in [0.29, 0.717) is 27.5 Å². The number of amides is 1. The lowest BCUT2D eigenvalue weighted by atomic mass is 9.98. The Morgan fingerprint density at radius 1 is 1.18 bits per heavy atom. The number of para-hydroxylation sites is 1. The van der Waals surface area contributed by atoms with Crippen molar-refractivity contribution in [3.8, 4) is 11.5 Å². The van der Waals surface area contributed by atoms with Crippen LogP contribution in [-0.2, 0) is 23.4 Å². The molecule has 1 aromatic heterocycles. The number of hydrogen-bond acceptors (Lipinski definition) is 8. The van der Waals surface area contributed by atoms with Gasteiger partial charge in [0.25, 0.3) is 0 Å². The molecule has 0 saturated carbocycles. The molecule has 0 saturated heterocycles. The van der Waals surface area contributed by atoms with Crippen molar-refractivity contribution in [3.05, 3.63) is 64.1 Å². The molecule has 38 heavy (non-hydrogen) atoms. The first-order chi connectivity index (χ1) is 17.9. The molecule has 2 unspecified atom stereocenters. The van der Waals surface area contributed by atoms with Gasteiger partial charge < -0.3 is 24.4 Å². The van der Waals surface area contributed by atoms with Crippen LogP contribution in [0.5, 0.6) is 11.5 Å². The fourth-order valence-electron chi connectivity index (χ4n) is 3.48. The summed E-state index contributed by atoms with van der Waals surface area (Å²) in [5.74, 6) is -0.483. The average molecular weight is 582 g/mol. The van der Waals surface area contributed by atoms with Crippen molar-refractivity contribution in [3.63, 3.8) is 0 Å². The Morgan fingerprint density at radius 2 is 1.92 bits per heavy atom. The Hall–Kier alpha value is -2.88. The molecule has 2 aromatic carbocycles. The second kappa shape index (κ2) is 12.3. The van der Waals surface area contributed by atoms with Crippen LogP contribution in [0.3, 0.4) is 0 Å². The Kier molecular flexibility index (Phi) is 9.62. The third-order valence-electron chi connectivity index (χ3n) is 5.40. The maximum Gasteiger partial charge on any atom is 0.347 e. The molecule has 0 aliphatic carbocycles.